The normalized spacial score (nSPS) is 11.9. The lowest BCUT2D eigenvalue weighted by molar-refractivity contribution is 0.102. The first-order chi connectivity index (χ1) is 40.4. The fraction of sp³-hybridized carbons (Fsp3) is 0.0161. The lowest BCUT2D eigenvalue weighted by atomic mass is 9.12. The molecule has 11 rings (SSSR count). The minimum atomic E-state index is -7.22. The highest BCUT2D eigenvalue weighted by Gasteiger charge is 2.53. The highest BCUT2D eigenvalue weighted by Crippen LogP contribution is 2.58. The third-order valence-electron chi connectivity index (χ3n) is 14.7. The van der Waals surface area contributed by atoms with Gasteiger partial charge in [0.15, 0.2) is 69.8 Å². The molecule has 0 unspecified atom stereocenters. The summed E-state index contributed by atoms with van der Waals surface area (Å²) in [6, 6.07) is 55.5. The second-order valence-corrected chi connectivity index (χ2v) is 22.5. The molecule has 0 aliphatic heterocycles. The Bertz CT molecular complexity index is 4110. The number of carbonyl (C=O) groups excluding carboxylic acids is 1. The Morgan fingerprint density at radius 3 is 0.906 bits per heavy atom. The van der Waals surface area contributed by atoms with Gasteiger partial charge in [0.05, 0.1) is 0 Å². The molecule has 11 aromatic rings. The maximum absolute atomic E-state index is 15.4. The number of fused-ring (bicyclic) bond motifs is 3. The molecule has 0 aliphatic carbocycles. The summed E-state index contributed by atoms with van der Waals surface area (Å²) in [4.78, 5) is 14.3. The highest BCUT2D eigenvalue weighted by atomic mass is 31.2. The van der Waals surface area contributed by atoms with Crippen LogP contribution in [0.3, 0.4) is 0 Å². The smallest absolute Gasteiger partial charge is 0.201 e. The SMILES string of the molecule is Fc1c(F)c(F)c([B-](c2c(F)c(F)c(F)c(F)c2F)(c2c(F)c(F)c(F)c(F)c2F)c2c(F)c(F)c(F)c(F)c2F)c(F)c1F.O=C(C[P+](c1ccccc1)(c1ccccc1)c1c2ccccc2cc2cc3ccccc3cc12)c1ccccc1. The van der Waals surface area contributed by atoms with E-state index in [0.29, 0.717) is 6.16 Å². The van der Waals surface area contributed by atoms with Gasteiger partial charge in [-0.2, -0.15) is 0 Å². The first kappa shape index (κ1) is 59.1. The molecule has 0 heterocycles. The van der Waals surface area contributed by atoms with E-state index < -0.39 is 152 Å². The van der Waals surface area contributed by atoms with Crippen molar-refractivity contribution in [2.45, 2.75) is 0 Å². The van der Waals surface area contributed by atoms with Gasteiger partial charge in [0, 0.05) is 16.3 Å². The van der Waals surface area contributed by atoms with Gasteiger partial charge in [-0.3, -0.25) is 4.79 Å². The van der Waals surface area contributed by atoms with E-state index in [0.717, 1.165) is 5.56 Å². The molecule has 0 radical (unpaired) electrons. The van der Waals surface area contributed by atoms with Crippen LogP contribution in [0.15, 0.2) is 158 Å². The lowest BCUT2D eigenvalue weighted by Crippen LogP contribution is -2.81. The topological polar surface area (TPSA) is 17.1 Å². The number of halogens is 20. The van der Waals surface area contributed by atoms with Crippen molar-refractivity contribution in [3.63, 3.8) is 0 Å². The molecule has 430 valence electrons. The first-order valence-corrected chi connectivity index (χ1v) is 26.6. The number of rotatable bonds is 10. The van der Waals surface area contributed by atoms with Crippen molar-refractivity contribution in [3.8, 4) is 0 Å². The summed E-state index contributed by atoms with van der Waals surface area (Å²) < 4.78 is 294. The second-order valence-electron chi connectivity index (χ2n) is 19.1. The third kappa shape index (κ3) is 9.23. The maximum atomic E-state index is 15.4. The summed E-state index contributed by atoms with van der Waals surface area (Å²) in [6.07, 6.45) is -6.80. The van der Waals surface area contributed by atoms with Crippen molar-refractivity contribution in [2.75, 3.05) is 6.16 Å². The van der Waals surface area contributed by atoms with Crippen molar-refractivity contribution < 1.29 is 92.6 Å². The summed E-state index contributed by atoms with van der Waals surface area (Å²) in [7, 11) is -2.49. The molecule has 23 heteroatoms. The molecule has 11 aromatic carbocycles. The van der Waals surface area contributed by atoms with Crippen LogP contribution in [0.1, 0.15) is 10.4 Å². The molecule has 0 amide bonds. The second kappa shape index (κ2) is 22.5. The average molecular weight is 1210 g/mol. The third-order valence-corrected chi connectivity index (χ3v) is 19.0. The Balaban J connectivity index is 0.000000190. The van der Waals surface area contributed by atoms with E-state index in [1.807, 2.05) is 30.3 Å². The van der Waals surface area contributed by atoms with Crippen LogP contribution in [-0.4, -0.2) is 18.1 Å². The van der Waals surface area contributed by atoms with Crippen molar-refractivity contribution in [1.82, 2.24) is 0 Å². The van der Waals surface area contributed by atoms with E-state index in [9.17, 15) is 57.5 Å². The van der Waals surface area contributed by atoms with Crippen LogP contribution < -0.4 is 37.8 Å². The number of Topliss-reactive ketones (excluding diaryl/α,β-unsaturated/α-hetero) is 1. The Kier molecular flexibility index (Phi) is 15.7. The molecular formula is C62H28BF20OP. The summed E-state index contributed by atoms with van der Waals surface area (Å²) in [5.74, 6) is -71.2. The zero-order chi connectivity index (χ0) is 61.3. The van der Waals surface area contributed by atoms with Crippen LogP contribution in [0.5, 0.6) is 0 Å². The van der Waals surface area contributed by atoms with E-state index >= 15 is 35.1 Å². The Labute approximate surface area is 466 Å². The van der Waals surface area contributed by atoms with E-state index in [4.69, 9.17) is 0 Å². The van der Waals surface area contributed by atoms with Gasteiger partial charge in [-0.15, -0.1) is 21.9 Å². The van der Waals surface area contributed by atoms with E-state index in [1.165, 1.54) is 48.2 Å². The average Bonchev–Trinajstić information content (AvgIpc) is 0.737. The monoisotopic (exact) mass is 1210 g/mol. The van der Waals surface area contributed by atoms with Gasteiger partial charge in [0.2, 0.25) is 5.78 Å². The fourth-order valence-electron chi connectivity index (χ4n) is 11.0. The van der Waals surface area contributed by atoms with Crippen LogP contribution in [-0.2, 0) is 0 Å². The minimum absolute atomic E-state index is 0.170. The van der Waals surface area contributed by atoms with Crippen molar-refractivity contribution in [2.24, 2.45) is 0 Å². The molecule has 85 heavy (non-hydrogen) atoms. The van der Waals surface area contributed by atoms with Gasteiger partial charge >= 0.3 is 0 Å². The molecule has 0 spiro atoms. The molecule has 0 aromatic heterocycles. The molecule has 0 bridgehead atoms. The number of benzene rings is 11. The number of hydrogen-bond donors (Lipinski definition) is 0. The van der Waals surface area contributed by atoms with Crippen LogP contribution in [0, 0.1) is 116 Å². The summed E-state index contributed by atoms with van der Waals surface area (Å²) >= 11 is 0. The van der Waals surface area contributed by atoms with Gasteiger partial charge < -0.3 is 0 Å². The zero-order valence-corrected chi connectivity index (χ0v) is 43.1. The van der Waals surface area contributed by atoms with Crippen LogP contribution >= 0.6 is 7.26 Å². The molecule has 0 atom stereocenters. The molecule has 0 aliphatic rings. The molecular weight excluding hydrogens is 1180 g/mol. The van der Waals surface area contributed by atoms with Crippen molar-refractivity contribution in [1.29, 1.82) is 0 Å². The molecule has 0 saturated heterocycles. The number of hydrogen-bond acceptors (Lipinski definition) is 1. The Morgan fingerprint density at radius 1 is 0.282 bits per heavy atom. The lowest BCUT2D eigenvalue weighted by Gasteiger charge is -2.44. The van der Waals surface area contributed by atoms with Gasteiger partial charge in [-0.25, -0.2) is 87.8 Å². The van der Waals surface area contributed by atoms with Crippen LogP contribution in [0.2, 0.25) is 0 Å². The van der Waals surface area contributed by atoms with Gasteiger partial charge in [0.25, 0.3) is 0 Å². The quantitative estimate of drug-likeness (QED) is 0.0254. The molecule has 0 saturated carbocycles. The predicted octanol–water partition coefficient (Wildman–Crippen LogP) is 14.2. The molecule has 1 nitrogen and oxygen atoms in total. The molecule has 0 N–H and O–H groups in total. The van der Waals surface area contributed by atoms with Crippen LogP contribution in [0.4, 0.5) is 87.8 Å². The largest absolute Gasteiger partial charge is 0.290 e. The number of carbonyl (C=O) groups is 1. The van der Waals surface area contributed by atoms with E-state index in [1.54, 1.807) is 0 Å². The van der Waals surface area contributed by atoms with E-state index in [2.05, 4.69) is 127 Å². The van der Waals surface area contributed by atoms with Crippen LogP contribution in [0.25, 0.3) is 32.3 Å². The summed E-state index contributed by atoms with van der Waals surface area (Å²) in [5.41, 5.74) is -13.6. The fourth-order valence-corrected chi connectivity index (χ4v) is 15.5. The Morgan fingerprint density at radius 2 is 0.553 bits per heavy atom. The van der Waals surface area contributed by atoms with E-state index in [-0.39, 0.29) is 5.78 Å². The van der Waals surface area contributed by atoms with Crippen molar-refractivity contribution >= 4 is 89.3 Å². The molecule has 0 fully saturated rings. The van der Waals surface area contributed by atoms with Gasteiger partial charge in [-0.1, -0.05) is 115 Å². The maximum Gasteiger partial charge on any atom is 0.201 e. The summed E-state index contributed by atoms with van der Waals surface area (Å²) in [6.45, 7) is 0. The number of ketones is 1. The minimum Gasteiger partial charge on any atom is -0.290 e. The Hall–Kier alpha value is -9.04. The standard InChI is InChI=1S/C38H28OP.C24BF20/c39-37(28-14-4-1-5-15-28)27-40(33-19-6-2-7-20-33,34-21-8-3-9-22-34)38-35-23-13-12-18-31(35)25-32-24-29-16-10-11-17-30(29)26-36(32)38;26-5-1(6(27)14(35)21(42)13(5)34)25(2-7(28)15(36)22(43)16(37)8(2)29,3-9(30)17(38)23(44)18(39)10(3)31)4-11(32)19(40)24(45)20(41)12(4)33/h1-26H,27H2;/q+1;-1. The van der Waals surface area contributed by atoms with Gasteiger partial charge in [-0.05, 0) is 64.0 Å². The first-order valence-electron chi connectivity index (χ1n) is 24.6. The highest BCUT2D eigenvalue weighted by molar-refractivity contribution is 7.97. The van der Waals surface area contributed by atoms with Gasteiger partial charge in [0.1, 0.15) is 82.0 Å². The zero-order valence-electron chi connectivity index (χ0n) is 42.2. The van der Waals surface area contributed by atoms with Crippen molar-refractivity contribution in [3.05, 3.63) is 280 Å². The summed E-state index contributed by atoms with van der Waals surface area (Å²) in [5, 5.41) is 11.0. The predicted molar refractivity (Wildman–Crippen MR) is 283 cm³/mol.